The Morgan fingerprint density at radius 1 is 1.33 bits per heavy atom. The van der Waals surface area contributed by atoms with Crippen LogP contribution in [0.2, 0.25) is 0 Å². The van der Waals surface area contributed by atoms with Gasteiger partial charge in [-0.2, -0.15) is 0 Å². The van der Waals surface area contributed by atoms with Gasteiger partial charge in [0.05, 0.1) is 6.61 Å². The molecule has 106 valence electrons. The van der Waals surface area contributed by atoms with Crippen LogP contribution in [0.25, 0.3) is 0 Å². The van der Waals surface area contributed by atoms with Crippen LogP contribution < -0.4 is 5.73 Å². The second kappa shape index (κ2) is 8.88. The van der Waals surface area contributed by atoms with Crippen molar-refractivity contribution in [2.75, 3.05) is 33.4 Å². The lowest BCUT2D eigenvalue weighted by Crippen LogP contribution is -2.47. The van der Waals surface area contributed by atoms with E-state index in [-0.39, 0.29) is 24.9 Å². The molecule has 0 radical (unpaired) electrons. The molecule has 0 saturated carbocycles. The molecule has 0 fully saturated rings. The number of nitrogens with zero attached hydrogens (tertiary/aromatic N) is 1. The first-order valence-electron chi connectivity index (χ1n) is 6.13. The monoisotopic (exact) mass is 260 g/mol. The number of esters is 1. The first-order valence-corrected chi connectivity index (χ1v) is 6.13. The summed E-state index contributed by atoms with van der Waals surface area (Å²) in [5, 5.41) is 0. The van der Waals surface area contributed by atoms with E-state index in [1.165, 1.54) is 12.0 Å². The molecule has 18 heavy (non-hydrogen) atoms. The third-order valence-electron chi connectivity index (χ3n) is 2.30. The van der Waals surface area contributed by atoms with E-state index >= 15 is 0 Å². The summed E-state index contributed by atoms with van der Waals surface area (Å²) in [7, 11) is 1.42. The normalized spacial score (nSPS) is 12.3. The molecular weight excluding hydrogens is 236 g/mol. The number of nitrogens with two attached hydrogens (primary N) is 1. The van der Waals surface area contributed by atoms with Crippen molar-refractivity contribution in [3.8, 4) is 0 Å². The Balaban J connectivity index is 4.65. The average Bonchev–Trinajstić information content (AvgIpc) is 2.29. The second-order valence-electron chi connectivity index (χ2n) is 4.38. The molecule has 0 spiro atoms. The zero-order valence-corrected chi connectivity index (χ0v) is 11.6. The van der Waals surface area contributed by atoms with Gasteiger partial charge in [0.25, 0.3) is 5.91 Å². The van der Waals surface area contributed by atoms with Gasteiger partial charge in [-0.05, 0) is 12.8 Å². The van der Waals surface area contributed by atoms with E-state index in [4.69, 9.17) is 15.2 Å². The molecule has 0 heterocycles. The zero-order valence-electron chi connectivity index (χ0n) is 11.6. The summed E-state index contributed by atoms with van der Waals surface area (Å²) in [5.74, 6) is -0.446. The van der Waals surface area contributed by atoms with Crippen LogP contribution >= 0.6 is 0 Å². The molecule has 0 rings (SSSR count). The average molecular weight is 260 g/mol. The molecule has 1 amide bonds. The minimum atomic E-state index is -0.710. The molecule has 6 heteroatoms. The lowest BCUT2D eigenvalue weighted by Gasteiger charge is -2.26. The van der Waals surface area contributed by atoms with Crippen molar-refractivity contribution in [3.63, 3.8) is 0 Å². The highest BCUT2D eigenvalue weighted by molar-refractivity contribution is 5.85. The van der Waals surface area contributed by atoms with E-state index in [1.807, 2.05) is 13.8 Å². The third kappa shape index (κ3) is 5.97. The molecule has 0 aromatic rings. The van der Waals surface area contributed by atoms with Gasteiger partial charge in [-0.15, -0.1) is 0 Å². The predicted octanol–water partition coefficient (Wildman–Crippen LogP) is 0.00780. The fourth-order valence-corrected chi connectivity index (χ4v) is 1.54. The van der Waals surface area contributed by atoms with Crippen molar-refractivity contribution < 1.29 is 19.1 Å². The minimum Gasteiger partial charge on any atom is -0.465 e. The van der Waals surface area contributed by atoms with Crippen LogP contribution in [0.5, 0.6) is 0 Å². The van der Waals surface area contributed by atoms with Gasteiger partial charge in [-0.1, -0.05) is 13.8 Å². The van der Waals surface area contributed by atoms with Crippen molar-refractivity contribution in [1.29, 1.82) is 0 Å². The number of carbonyl (C=O) groups is 2. The van der Waals surface area contributed by atoms with Gasteiger partial charge in [-0.3, -0.25) is 9.59 Å². The summed E-state index contributed by atoms with van der Waals surface area (Å²) in [6.07, 6.45) is -0.710. The highest BCUT2D eigenvalue weighted by atomic mass is 16.5. The molecule has 0 aromatic heterocycles. The second-order valence-corrected chi connectivity index (χ2v) is 4.38. The van der Waals surface area contributed by atoms with Crippen LogP contribution in [0, 0.1) is 5.92 Å². The van der Waals surface area contributed by atoms with Crippen molar-refractivity contribution in [1.82, 2.24) is 4.90 Å². The Hall–Kier alpha value is -1.14. The number of hydrogen-bond donors (Lipinski definition) is 1. The van der Waals surface area contributed by atoms with Crippen LogP contribution in [0.15, 0.2) is 0 Å². The Morgan fingerprint density at radius 3 is 2.33 bits per heavy atom. The zero-order chi connectivity index (χ0) is 14.1. The van der Waals surface area contributed by atoms with Crippen LogP contribution in [0.4, 0.5) is 0 Å². The van der Waals surface area contributed by atoms with Gasteiger partial charge in [-0.25, -0.2) is 0 Å². The maximum Gasteiger partial charge on any atom is 0.325 e. The van der Waals surface area contributed by atoms with Gasteiger partial charge >= 0.3 is 5.97 Å². The van der Waals surface area contributed by atoms with Gasteiger partial charge in [0, 0.05) is 20.2 Å². The number of hydrogen-bond acceptors (Lipinski definition) is 5. The Labute approximate surface area is 108 Å². The van der Waals surface area contributed by atoms with Crippen LogP contribution in [0.1, 0.15) is 20.8 Å². The fraction of sp³-hybridized carbons (Fsp3) is 0.833. The highest BCUT2D eigenvalue weighted by Gasteiger charge is 2.25. The standard InChI is InChI=1S/C12H24N2O4/c1-5-18-11(15)8-14(7-9(2)3)12(16)10(6-13)17-4/h9-10H,5-8,13H2,1-4H3. The lowest BCUT2D eigenvalue weighted by molar-refractivity contribution is -0.153. The van der Waals surface area contributed by atoms with Crippen LogP contribution in [0.3, 0.4) is 0 Å². The minimum absolute atomic E-state index is 0.0648. The lowest BCUT2D eigenvalue weighted by atomic mass is 10.2. The highest BCUT2D eigenvalue weighted by Crippen LogP contribution is 2.04. The van der Waals surface area contributed by atoms with Crippen molar-refractivity contribution in [3.05, 3.63) is 0 Å². The quantitative estimate of drug-likeness (QED) is 0.622. The molecule has 0 bridgehead atoms. The van der Waals surface area contributed by atoms with Crippen molar-refractivity contribution in [2.24, 2.45) is 11.7 Å². The first kappa shape index (κ1) is 16.9. The summed E-state index contributed by atoms with van der Waals surface area (Å²) in [6, 6.07) is 0. The molecule has 1 atom stereocenters. The summed E-state index contributed by atoms with van der Waals surface area (Å²) in [4.78, 5) is 25.0. The summed E-state index contributed by atoms with van der Waals surface area (Å²) >= 11 is 0. The maximum absolute atomic E-state index is 12.1. The molecule has 0 aliphatic rings. The van der Waals surface area contributed by atoms with Crippen molar-refractivity contribution in [2.45, 2.75) is 26.9 Å². The topological polar surface area (TPSA) is 81.9 Å². The molecule has 0 aliphatic heterocycles. The first-order chi connectivity index (χ1) is 8.46. The number of amides is 1. The molecule has 0 aliphatic carbocycles. The number of methoxy groups -OCH3 is 1. The fourth-order valence-electron chi connectivity index (χ4n) is 1.54. The van der Waals surface area contributed by atoms with Gasteiger partial charge in [0.15, 0.2) is 0 Å². The van der Waals surface area contributed by atoms with Crippen LogP contribution in [-0.2, 0) is 19.1 Å². The Kier molecular flexibility index (Phi) is 8.32. The van der Waals surface area contributed by atoms with Gasteiger partial charge in [0.1, 0.15) is 12.6 Å². The summed E-state index contributed by atoms with van der Waals surface area (Å²) in [5.41, 5.74) is 5.45. The molecule has 1 unspecified atom stereocenters. The van der Waals surface area contributed by atoms with Crippen molar-refractivity contribution >= 4 is 11.9 Å². The molecular formula is C12H24N2O4. The van der Waals surface area contributed by atoms with E-state index in [0.29, 0.717) is 13.2 Å². The third-order valence-corrected chi connectivity index (χ3v) is 2.30. The predicted molar refractivity (Wildman–Crippen MR) is 67.9 cm³/mol. The molecule has 0 aromatic carbocycles. The van der Waals surface area contributed by atoms with E-state index < -0.39 is 12.1 Å². The maximum atomic E-state index is 12.1. The van der Waals surface area contributed by atoms with E-state index in [0.717, 1.165) is 0 Å². The molecule has 2 N–H and O–H groups in total. The SMILES string of the molecule is CCOC(=O)CN(CC(C)C)C(=O)C(CN)OC. The smallest absolute Gasteiger partial charge is 0.325 e. The van der Waals surface area contributed by atoms with Crippen LogP contribution in [-0.4, -0.2) is 56.2 Å². The van der Waals surface area contributed by atoms with Gasteiger partial charge < -0.3 is 20.1 Å². The number of rotatable bonds is 8. The molecule has 6 nitrogen and oxygen atoms in total. The van der Waals surface area contributed by atoms with E-state index in [9.17, 15) is 9.59 Å². The Morgan fingerprint density at radius 2 is 1.94 bits per heavy atom. The number of carbonyl (C=O) groups excluding carboxylic acids is 2. The van der Waals surface area contributed by atoms with E-state index in [1.54, 1.807) is 6.92 Å². The number of ether oxygens (including phenoxy) is 2. The largest absolute Gasteiger partial charge is 0.465 e. The van der Waals surface area contributed by atoms with Gasteiger partial charge in [0.2, 0.25) is 0 Å². The summed E-state index contributed by atoms with van der Waals surface area (Å²) < 4.78 is 9.84. The Bertz CT molecular complexity index is 265. The molecule has 0 saturated heterocycles. The summed E-state index contributed by atoms with van der Waals surface area (Å²) in [6.45, 7) is 6.46. The van der Waals surface area contributed by atoms with E-state index in [2.05, 4.69) is 0 Å².